The van der Waals surface area contributed by atoms with E-state index in [4.69, 9.17) is 0 Å². The van der Waals surface area contributed by atoms with Gasteiger partial charge in [0.15, 0.2) is 0 Å². The molecule has 6 heteroatoms. The average molecular weight is 335 g/mol. The third-order valence-electron chi connectivity index (χ3n) is 4.75. The molecule has 1 atom stereocenters. The number of rotatable bonds is 3. The normalized spacial score (nSPS) is 23.0. The SMILES string of the molecule is Cn1ccc(CN2CCCC(C(=O)N3CCSCC3)C2)cc1=O. The summed E-state index contributed by atoms with van der Waals surface area (Å²) in [4.78, 5) is 28.8. The fourth-order valence-electron chi connectivity index (χ4n) is 3.39. The van der Waals surface area contributed by atoms with Crippen molar-refractivity contribution in [3.05, 3.63) is 34.2 Å². The second-order valence-electron chi connectivity index (χ2n) is 6.50. The zero-order valence-corrected chi connectivity index (χ0v) is 14.6. The molecule has 0 radical (unpaired) electrons. The Labute approximate surface area is 141 Å². The van der Waals surface area contributed by atoms with Crippen LogP contribution in [-0.4, -0.2) is 58.0 Å². The van der Waals surface area contributed by atoms with Crippen LogP contribution >= 0.6 is 11.8 Å². The monoisotopic (exact) mass is 335 g/mol. The summed E-state index contributed by atoms with van der Waals surface area (Å²) in [7, 11) is 1.76. The standard InChI is InChI=1S/C17H25N3O2S/c1-18-6-4-14(11-16(18)21)12-19-5-2-3-15(13-19)17(22)20-7-9-23-10-8-20/h4,6,11,15H,2-3,5,7-10,12-13H2,1H3. The van der Waals surface area contributed by atoms with Gasteiger partial charge >= 0.3 is 0 Å². The Morgan fingerprint density at radius 2 is 2.09 bits per heavy atom. The van der Waals surface area contributed by atoms with E-state index in [1.807, 2.05) is 28.9 Å². The molecule has 0 spiro atoms. The summed E-state index contributed by atoms with van der Waals surface area (Å²) < 4.78 is 1.58. The molecule has 3 heterocycles. The minimum Gasteiger partial charge on any atom is -0.341 e. The third-order valence-corrected chi connectivity index (χ3v) is 5.69. The van der Waals surface area contributed by atoms with E-state index >= 15 is 0 Å². The Bertz CT molecular complexity index is 610. The molecule has 0 aliphatic carbocycles. The van der Waals surface area contributed by atoms with Crippen molar-refractivity contribution in [2.75, 3.05) is 37.7 Å². The first-order valence-electron chi connectivity index (χ1n) is 8.38. The van der Waals surface area contributed by atoms with Crippen LogP contribution in [0.3, 0.4) is 0 Å². The van der Waals surface area contributed by atoms with Gasteiger partial charge in [0.05, 0.1) is 5.92 Å². The van der Waals surface area contributed by atoms with Crippen molar-refractivity contribution in [3.63, 3.8) is 0 Å². The summed E-state index contributed by atoms with van der Waals surface area (Å²) in [6, 6.07) is 3.70. The van der Waals surface area contributed by atoms with Crippen molar-refractivity contribution >= 4 is 17.7 Å². The first kappa shape index (κ1) is 16.6. The number of aromatic nitrogens is 1. The van der Waals surface area contributed by atoms with Crippen LogP contribution < -0.4 is 5.56 Å². The lowest BCUT2D eigenvalue weighted by atomic mass is 9.96. The van der Waals surface area contributed by atoms with Crippen LogP contribution in [0.25, 0.3) is 0 Å². The Balaban J connectivity index is 1.60. The van der Waals surface area contributed by atoms with Crippen LogP contribution in [0.15, 0.2) is 23.1 Å². The highest BCUT2D eigenvalue weighted by Crippen LogP contribution is 2.22. The number of likely N-dealkylation sites (tertiary alicyclic amines) is 1. The van der Waals surface area contributed by atoms with Crippen molar-refractivity contribution in [1.29, 1.82) is 0 Å². The van der Waals surface area contributed by atoms with Crippen molar-refractivity contribution < 1.29 is 4.79 Å². The molecule has 126 valence electrons. The summed E-state index contributed by atoms with van der Waals surface area (Å²) in [6.07, 6.45) is 3.87. The summed E-state index contributed by atoms with van der Waals surface area (Å²) in [6.45, 7) is 4.38. The number of amides is 1. The summed E-state index contributed by atoms with van der Waals surface area (Å²) >= 11 is 1.93. The lowest BCUT2D eigenvalue weighted by Crippen LogP contribution is -2.47. The Morgan fingerprint density at radius 3 is 2.83 bits per heavy atom. The van der Waals surface area contributed by atoms with Crippen molar-refractivity contribution in [2.24, 2.45) is 13.0 Å². The van der Waals surface area contributed by atoms with Crippen LogP contribution in [0, 0.1) is 5.92 Å². The molecule has 1 aromatic rings. The molecule has 0 bridgehead atoms. The van der Waals surface area contributed by atoms with E-state index < -0.39 is 0 Å². The highest BCUT2D eigenvalue weighted by molar-refractivity contribution is 7.99. The summed E-state index contributed by atoms with van der Waals surface area (Å²) in [5.74, 6) is 2.59. The second-order valence-corrected chi connectivity index (χ2v) is 7.72. The smallest absolute Gasteiger partial charge is 0.250 e. The molecule has 2 aliphatic rings. The van der Waals surface area contributed by atoms with Gasteiger partial charge in [-0.1, -0.05) is 0 Å². The van der Waals surface area contributed by atoms with Gasteiger partial charge in [0.25, 0.3) is 5.56 Å². The predicted octanol–water partition coefficient (Wildman–Crippen LogP) is 1.17. The molecule has 2 saturated heterocycles. The fourth-order valence-corrected chi connectivity index (χ4v) is 4.29. The Kier molecular flexibility index (Phi) is 5.43. The highest BCUT2D eigenvalue weighted by atomic mass is 32.2. The molecule has 5 nitrogen and oxygen atoms in total. The lowest BCUT2D eigenvalue weighted by Gasteiger charge is -2.36. The quantitative estimate of drug-likeness (QED) is 0.832. The molecular formula is C17H25N3O2S. The van der Waals surface area contributed by atoms with Crippen LogP contribution in [0.1, 0.15) is 18.4 Å². The molecular weight excluding hydrogens is 310 g/mol. The van der Waals surface area contributed by atoms with Gasteiger partial charge in [-0.3, -0.25) is 14.5 Å². The first-order chi connectivity index (χ1) is 11.1. The van der Waals surface area contributed by atoms with Crippen molar-refractivity contribution in [3.8, 4) is 0 Å². The largest absolute Gasteiger partial charge is 0.341 e. The van der Waals surface area contributed by atoms with Crippen LogP contribution in [0.5, 0.6) is 0 Å². The van der Waals surface area contributed by atoms with Crippen LogP contribution in [-0.2, 0) is 18.4 Å². The maximum Gasteiger partial charge on any atom is 0.250 e. The molecule has 3 rings (SSSR count). The minimum absolute atomic E-state index is 0.0259. The maximum atomic E-state index is 12.7. The van der Waals surface area contributed by atoms with E-state index in [0.29, 0.717) is 5.91 Å². The van der Waals surface area contributed by atoms with E-state index in [1.165, 1.54) is 0 Å². The fraction of sp³-hybridized carbons (Fsp3) is 0.647. The number of pyridine rings is 1. The number of piperidine rings is 1. The number of carbonyl (C=O) groups is 1. The second kappa shape index (κ2) is 7.53. The number of hydrogen-bond acceptors (Lipinski definition) is 4. The molecule has 0 aromatic carbocycles. The van der Waals surface area contributed by atoms with Gasteiger partial charge in [-0.15, -0.1) is 0 Å². The van der Waals surface area contributed by atoms with E-state index in [2.05, 4.69) is 4.90 Å². The Morgan fingerprint density at radius 1 is 1.30 bits per heavy atom. The molecule has 1 unspecified atom stereocenters. The van der Waals surface area contributed by atoms with Gasteiger partial charge < -0.3 is 9.47 Å². The topological polar surface area (TPSA) is 45.6 Å². The minimum atomic E-state index is 0.0259. The third kappa shape index (κ3) is 4.18. The number of aryl methyl sites for hydroxylation is 1. The molecule has 2 aliphatic heterocycles. The van der Waals surface area contributed by atoms with Gasteiger partial charge in [-0.05, 0) is 31.0 Å². The van der Waals surface area contributed by atoms with E-state index in [1.54, 1.807) is 17.7 Å². The van der Waals surface area contributed by atoms with Gasteiger partial charge in [0.1, 0.15) is 0 Å². The van der Waals surface area contributed by atoms with E-state index in [-0.39, 0.29) is 11.5 Å². The van der Waals surface area contributed by atoms with Gasteiger partial charge in [0, 0.05) is 57.0 Å². The van der Waals surface area contributed by atoms with Gasteiger partial charge in [-0.2, -0.15) is 11.8 Å². The predicted molar refractivity (Wildman–Crippen MR) is 93.6 cm³/mol. The highest BCUT2D eigenvalue weighted by Gasteiger charge is 2.29. The molecule has 1 aromatic heterocycles. The zero-order chi connectivity index (χ0) is 16.2. The van der Waals surface area contributed by atoms with Crippen molar-refractivity contribution in [2.45, 2.75) is 19.4 Å². The maximum absolute atomic E-state index is 12.7. The van der Waals surface area contributed by atoms with Crippen LogP contribution in [0.2, 0.25) is 0 Å². The molecule has 1 amide bonds. The summed E-state index contributed by atoms with van der Waals surface area (Å²) in [5.41, 5.74) is 1.06. The van der Waals surface area contributed by atoms with E-state index in [9.17, 15) is 9.59 Å². The van der Waals surface area contributed by atoms with Gasteiger partial charge in [0.2, 0.25) is 5.91 Å². The molecule has 2 fully saturated rings. The molecule has 0 N–H and O–H groups in total. The lowest BCUT2D eigenvalue weighted by molar-refractivity contribution is -0.137. The van der Waals surface area contributed by atoms with E-state index in [0.717, 1.165) is 62.6 Å². The zero-order valence-electron chi connectivity index (χ0n) is 13.7. The van der Waals surface area contributed by atoms with Crippen LogP contribution in [0.4, 0.5) is 0 Å². The number of hydrogen-bond donors (Lipinski definition) is 0. The molecule has 23 heavy (non-hydrogen) atoms. The number of thioether (sulfide) groups is 1. The first-order valence-corrected chi connectivity index (χ1v) is 9.53. The number of nitrogens with zero attached hydrogens (tertiary/aromatic N) is 3. The Hall–Kier alpha value is -1.27. The van der Waals surface area contributed by atoms with Gasteiger partial charge in [-0.25, -0.2) is 0 Å². The summed E-state index contributed by atoms with van der Waals surface area (Å²) in [5, 5.41) is 0. The van der Waals surface area contributed by atoms with Crippen molar-refractivity contribution in [1.82, 2.24) is 14.4 Å². The molecule has 0 saturated carbocycles. The number of carbonyl (C=O) groups excluding carboxylic acids is 1. The average Bonchev–Trinajstić information content (AvgIpc) is 2.58.